The number of anilines is 1. The standard InChI is InChI=1S/C10H16N2O/c1-6-8(10(12)7(2)13)4-3-5-9(6)11/h3-5,7,10,13H,11-12H2,1-2H3/t7?,10-/m1/s1. The number of benzene rings is 1. The largest absolute Gasteiger partial charge is 0.399 e. The third kappa shape index (κ3) is 1.99. The van der Waals surface area contributed by atoms with Gasteiger partial charge in [0.05, 0.1) is 12.1 Å². The Bertz CT molecular complexity index is 297. The summed E-state index contributed by atoms with van der Waals surface area (Å²) in [6.07, 6.45) is -0.555. The van der Waals surface area contributed by atoms with E-state index in [0.717, 1.165) is 11.1 Å². The fourth-order valence-electron chi connectivity index (χ4n) is 1.29. The predicted molar refractivity (Wildman–Crippen MR) is 54.2 cm³/mol. The number of hydrogen-bond donors (Lipinski definition) is 3. The summed E-state index contributed by atoms with van der Waals surface area (Å²) in [5.41, 5.74) is 14.1. The van der Waals surface area contributed by atoms with Crippen molar-refractivity contribution in [2.24, 2.45) is 5.73 Å². The van der Waals surface area contributed by atoms with Gasteiger partial charge in [0.15, 0.2) is 0 Å². The van der Waals surface area contributed by atoms with Gasteiger partial charge in [0.1, 0.15) is 0 Å². The Balaban J connectivity index is 3.07. The van der Waals surface area contributed by atoms with Crippen molar-refractivity contribution in [2.75, 3.05) is 5.73 Å². The third-order valence-electron chi connectivity index (χ3n) is 2.30. The van der Waals surface area contributed by atoms with E-state index in [1.54, 1.807) is 6.92 Å². The van der Waals surface area contributed by atoms with Crippen LogP contribution in [0.3, 0.4) is 0 Å². The van der Waals surface area contributed by atoms with Crippen LogP contribution in [0.5, 0.6) is 0 Å². The molecule has 0 fully saturated rings. The zero-order chi connectivity index (χ0) is 10.0. The van der Waals surface area contributed by atoms with Crippen LogP contribution in [-0.4, -0.2) is 11.2 Å². The molecule has 72 valence electrons. The minimum atomic E-state index is -0.555. The molecule has 0 spiro atoms. The average Bonchev–Trinajstić information content (AvgIpc) is 2.08. The molecule has 0 saturated heterocycles. The summed E-state index contributed by atoms with van der Waals surface area (Å²) in [5.74, 6) is 0. The van der Waals surface area contributed by atoms with Crippen LogP contribution in [0.15, 0.2) is 18.2 Å². The summed E-state index contributed by atoms with van der Waals surface area (Å²) in [4.78, 5) is 0. The smallest absolute Gasteiger partial charge is 0.0704 e. The van der Waals surface area contributed by atoms with Gasteiger partial charge in [-0.05, 0) is 31.0 Å². The molecule has 1 rings (SSSR count). The van der Waals surface area contributed by atoms with Gasteiger partial charge in [-0.2, -0.15) is 0 Å². The SMILES string of the molecule is Cc1c(N)cccc1[C@H](N)C(C)O. The van der Waals surface area contributed by atoms with Crippen molar-refractivity contribution in [1.29, 1.82) is 0 Å². The van der Waals surface area contributed by atoms with Crippen LogP contribution in [-0.2, 0) is 0 Å². The first-order valence-corrected chi connectivity index (χ1v) is 4.32. The van der Waals surface area contributed by atoms with Gasteiger partial charge in [-0.3, -0.25) is 0 Å². The van der Waals surface area contributed by atoms with Gasteiger partial charge in [0.25, 0.3) is 0 Å². The van der Waals surface area contributed by atoms with Gasteiger partial charge in [-0.1, -0.05) is 12.1 Å². The Kier molecular flexibility index (Phi) is 2.90. The molecule has 2 atom stereocenters. The average molecular weight is 180 g/mol. The zero-order valence-corrected chi connectivity index (χ0v) is 7.99. The van der Waals surface area contributed by atoms with E-state index in [2.05, 4.69) is 0 Å². The molecule has 3 heteroatoms. The van der Waals surface area contributed by atoms with Crippen molar-refractivity contribution in [3.63, 3.8) is 0 Å². The second kappa shape index (κ2) is 3.77. The lowest BCUT2D eigenvalue weighted by atomic mass is 9.97. The molecule has 0 aliphatic carbocycles. The number of rotatable bonds is 2. The van der Waals surface area contributed by atoms with E-state index in [-0.39, 0.29) is 6.04 Å². The van der Waals surface area contributed by atoms with Crippen LogP contribution < -0.4 is 11.5 Å². The number of hydrogen-bond acceptors (Lipinski definition) is 3. The van der Waals surface area contributed by atoms with Crippen LogP contribution in [0.4, 0.5) is 5.69 Å². The molecule has 0 amide bonds. The quantitative estimate of drug-likeness (QED) is 0.593. The molecule has 0 saturated carbocycles. The number of aliphatic hydroxyl groups excluding tert-OH is 1. The molecule has 0 radical (unpaired) electrons. The maximum atomic E-state index is 9.32. The van der Waals surface area contributed by atoms with E-state index in [4.69, 9.17) is 11.5 Å². The van der Waals surface area contributed by atoms with Crippen molar-refractivity contribution in [2.45, 2.75) is 26.0 Å². The number of aliphatic hydroxyl groups is 1. The van der Waals surface area contributed by atoms with E-state index in [1.807, 2.05) is 25.1 Å². The van der Waals surface area contributed by atoms with Crippen molar-refractivity contribution in [3.05, 3.63) is 29.3 Å². The van der Waals surface area contributed by atoms with Crippen LogP contribution in [0.2, 0.25) is 0 Å². The summed E-state index contributed by atoms with van der Waals surface area (Å²) in [6, 6.07) is 5.21. The molecule has 1 aromatic rings. The maximum absolute atomic E-state index is 9.32. The van der Waals surface area contributed by atoms with Crippen molar-refractivity contribution < 1.29 is 5.11 Å². The second-order valence-electron chi connectivity index (χ2n) is 3.33. The van der Waals surface area contributed by atoms with E-state index in [1.165, 1.54) is 0 Å². The first kappa shape index (κ1) is 10.0. The van der Waals surface area contributed by atoms with E-state index < -0.39 is 6.10 Å². The van der Waals surface area contributed by atoms with Gasteiger partial charge in [0, 0.05) is 5.69 Å². The molecule has 1 unspecified atom stereocenters. The van der Waals surface area contributed by atoms with Crippen molar-refractivity contribution in [3.8, 4) is 0 Å². The summed E-state index contributed by atoms with van der Waals surface area (Å²) < 4.78 is 0. The van der Waals surface area contributed by atoms with Crippen molar-refractivity contribution >= 4 is 5.69 Å². The highest BCUT2D eigenvalue weighted by Gasteiger charge is 2.14. The minimum Gasteiger partial charge on any atom is -0.399 e. The molecule has 3 nitrogen and oxygen atoms in total. The van der Waals surface area contributed by atoms with Gasteiger partial charge in [0.2, 0.25) is 0 Å². The summed E-state index contributed by atoms with van der Waals surface area (Å²) in [7, 11) is 0. The predicted octanol–water partition coefficient (Wildman–Crippen LogP) is 0.958. The van der Waals surface area contributed by atoms with Gasteiger partial charge >= 0.3 is 0 Å². The summed E-state index contributed by atoms with van der Waals surface area (Å²) in [5, 5.41) is 9.32. The lowest BCUT2D eigenvalue weighted by Gasteiger charge is -2.18. The van der Waals surface area contributed by atoms with Crippen LogP contribution in [0.25, 0.3) is 0 Å². The first-order chi connectivity index (χ1) is 6.04. The van der Waals surface area contributed by atoms with Gasteiger partial charge in [-0.25, -0.2) is 0 Å². The molecule has 0 aromatic heterocycles. The monoisotopic (exact) mass is 180 g/mol. The lowest BCUT2D eigenvalue weighted by molar-refractivity contribution is 0.164. The van der Waals surface area contributed by atoms with Crippen LogP contribution in [0.1, 0.15) is 24.1 Å². The Hall–Kier alpha value is -1.06. The number of nitrogen functional groups attached to an aromatic ring is 1. The van der Waals surface area contributed by atoms with Gasteiger partial charge in [-0.15, -0.1) is 0 Å². The van der Waals surface area contributed by atoms with E-state index in [0.29, 0.717) is 5.69 Å². The van der Waals surface area contributed by atoms with Gasteiger partial charge < -0.3 is 16.6 Å². The third-order valence-corrected chi connectivity index (χ3v) is 2.30. The maximum Gasteiger partial charge on any atom is 0.0704 e. The highest BCUT2D eigenvalue weighted by molar-refractivity contribution is 5.51. The molecule has 0 aliphatic rings. The summed E-state index contributed by atoms with van der Waals surface area (Å²) >= 11 is 0. The molecule has 0 heterocycles. The second-order valence-corrected chi connectivity index (χ2v) is 3.33. The molecule has 1 aromatic carbocycles. The normalized spacial score (nSPS) is 15.4. The van der Waals surface area contributed by atoms with Crippen LogP contribution in [0, 0.1) is 6.92 Å². The summed E-state index contributed by atoms with van der Waals surface area (Å²) in [6.45, 7) is 3.58. The molecular formula is C10H16N2O. The molecule has 0 aliphatic heterocycles. The zero-order valence-electron chi connectivity index (χ0n) is 7.99. The van der Waals surface area contributed by atoms with Crippen molar-refractivity contribution in [1.82, 2.24) is 0 Å². The topological polar surface area (TPSA) is 72.3 Å². The molecule has 5 N–H and O–H groups in total. The lowest BCUT2D eigenvalue weighted by Crippen LogP contribution is -2.24. The Morgan fingerprint density at radius 3 is 2.54 bits per heavy atom. The van der Waals surface area contributed by atoms with E-state index >= 15 is 0 Å². The van der Waals surface area contributed by atoms with E-state index in [9.17, 15) is 5.11 Å². The molecule has 13 heavy (non-hydrogen) atoms. The minimum absolute atomic E-state index is 0.358. The Labute approximate surface area is 78.4 Å². The Morgan fingerprint density at radius 1 is 1.38 bits per heavy atom. The first-order valence-electron chi connectivity index (χ1n) is 4.32. The fourth-order valence-corrected chi connectivity index (χ4v) is 1.29. The fraction of sp³-hybridized carbons (Fsp3) is 0.400. The Morgan fingerprint density at radius 2 is 2.00 bits per heavy atom. The number of nitrogens with two attached hydrogens (primary N) is 2. The highest BCUT2D eigenvalue weighted by Crippen LogP contribution is 2.22. The molecule has 0 bridgehead atoms. The van der Waals surface area contributed by atoms with Crippen LogP contribution >= 0.6 is 0 Å². The molecular weight excluding hydrogens is 164 g/mol. The highest BCUT2D eigenvalue weighted by atomic mass is 16.3.